The van der Waals surface area contributed by atoms with E-state index in [9.17, 15) is 0 Å². The highest BCUT2D eigenvalue weighted by molar-refractivity contribution is 9.09. The molecule has 0 spiro atoms. The van der Waals surface area contributed by atoms with E-state index in [1.165, 1.54) is 37.8 Å². The number of anilines is 1. The zero-order valence-corrected chi connectivity index (χ0v) is 13.6. The molecule has 2 rings (SSSR count). The molecule has 0 radical (unpaired) electrons. The van der Waals surface area contributed by atoms with E-state index in [1.54, 1.807) is 0 Å². The van der Waals surface area contributed by atoms with Crippen LogP contribution in [0.15, 0.2) is 24.3 Å². The first-order valence-corrected chi connectivity index (χ1v) is 8.24. The van der Waals surface area contributed by atoms with E-state index in [1.807, 2.05) is 0 Å². The molecule has 0 saturated heterocycles. The molecule has 2 nitrogen and oxygen atoms in total. The van der Waals surface area contributed by atoms with Crippen LogP contribution in [0.25, 0.3) is 0 Å². The van der Waals surface area contributed by atoms with Crippen LogP contribution in [-0.2, 0) is 0 Å². The van der Waals surface area contributed by atoms with E-state index in [2.05, 4.69) is 59.2 Å². The quantitative estimate of drug-likeness (QED) is 0.740. The van der Waals surface area contributed by atoms with Gasteiger partial charge < -0.3 is 9.64 Å². The lowest BCUT2D eigenvalue weighted by atomic mass is 9.76. The van der Waals surface area contributed by atoms with Crippen LogP contribution in [0.2, 0.25) is 0 Å². The number of alkyl halides is 1. The van der Waals surface area contributed by atoms with Crippen LogP contribution in [0.5, 0.6) is 5.75 Å². The van der Waals surface area contributed by atoms with Gasteiger partial charge >= 0.3 is 0 Å². The summed E-state index contributed by atoms with van der Waals surface area (Å²) in [7, 11) is 4.11. The van der Waals surface area contributed by atoms with Crippen molar-refractivity contribution in [2.45, 2.75) is 32.1 Å². The molecule has 19 heavy (non-hydrogen) atoms. The number of rotatable bonds is 5. The van der Waals surface area contributed by atoms with Gasteiger partial charge in [-0.25, -0.2) is 0 Å². The maximum atomic E-state index is 6.07. The van der Waals surface area contributed by atoms with Crippen LogP contribution in [0.1, 0.15) is 32.1 Å². The maximum absolute atomic E-state index is 6.07. The summed E-state index contributed by atoms with van der Waals surface area (Å²) in [5.74, 6) is 0.983. The molecule has 0 heterocycles. The van der Waals surface area contributed by atoms with Crippen molar-refractivity contribution in [3.05, 3.63) is 24.3 Å². The average molecular weight is 326 g/mol. The van der Waals surface area contributed by atoms with Crippen LogP contribution in [0.4, 0.5) is 5.69 Å². The molecule has 1 saturated carbocycles. The summed E-state index contributed by atoms with van der Waals surface area (Å²) >= 11 is 3.69. The van der Waals surface area contributed by atoms with Crippen LogP contribution >= 0.6 is 15.9 Å². The minimum Gasteiger partial charge on any atom is -0.493 e. The standard InChI is InChI=1S/C16H24BrNO/c1-18(2)14-7-6-8-15(11-14)19-13-16(12-17)9-4-3-5-10-16/h6-8,11H,3-5,9-10,12-13H2,1-2H3. The van der Waals surface area contributed by atoms with Crippen LogP contribution < -0.4 is 9.64 Å². The van der Waals surface area contributed by atoms with E-state index in [0.717, 1.165) is 17.7 Å². The zero-order chi connectivity index (χ0) is 13.7. The highest BCUT2D eigenvalue weighted by atomic mass is 79.9. The Hall–Kier alpha value is -0.700. The molecule has 0 bridgehead atoms. The lowest BCUT2D eigenvalue weighted by Gasteiger charge is -2.35. The molecule has 1 aliphatic carbocycles. The van der Waals surface area contributed by atoms with E-state index in [4.69, 9.17) is 4.74 Å². The fourth-order valence-electron chi connectivity index (χ4n) is 2.71. The second kappa shape index (κ2) is 6.65. The summed E-state index contributed by atoms with van der Waals surface area (Å²) in [6.07, 6.45) is 6.63. The van der Waals surface area contributed by atoms with Gasteiger partial charge in [-0.15, -0.1) is 0 Å². The molecular formula is C16H24BrNO. The molecule has 0 unspecified atom stereocenters. The summed E-state index contributed by atoms with van der Waals surface area (Å²) in [5.41, 5.74) is 1.53. The molecular weight excluding hydrogens is 302 g/mol. The van der Waals surface area contributed by atoms with Crippen molar-refractivity contribution in [1.82, 2.24) is 0 Å². The molecule has 1 aromatic carbocycles. The molecule has 106 valence electrons. The number of benzene rings is 1. The van der Waals surface area contributed by atoms with Gasteiger partial charge in [0.1, 0.15) is 5.75 Å². The Labute approximate surface area is 125 Å². The lowest BCUT2D eigenvalue weighted by molar-refractivity contribution is 0.122. The van der Waals surface area contributed by atoms with Crippen molar-refractivity contribution < 1.29 is 4.74 Å². The molecule has 0 aliphatic heterocycles. The summed E-state index contributed by atoms with van der Waals surface area (Å²) in [6, 6.07) is 8.34. The predicted molar refractivity (Wildman–Crippen MR) is 85.6 cm³/mol. The third-order valence-corrected chi connectivity index (χ3v) is 5.27. The zero-order valence-electron chi connectivity index (χ0n) is 12.0. The Morgan fingerprint density at radius 1 is 1.21 bits per heavy atom. The highest BCUT2D eigenvalue weighted by Crippen LogP contribution is 2.38. The second-order valence-electron chi connectivity index (χ2n) is 5.87. The third-order valence-electron chi connectivity index (χ3n) is 4.08. The lowest BCUT2D eigenvalue weighted by Crippen LogP contribution is -2.32. The van der Waals surface area contributed by atoms with E-state index >= 15 is 0 Å². The number of nitrogens with zero attached hydrogens (tertiary/aromatic N) is 1. The Morgan fingerprint density at radius 2 is 1.95 bits per heavy atom. The fraction of sp³-hybridized carbons (Fsp3) is 0.625. The van der Waals surface area contributed by atoms with Gasteiger partial charge in [-0.2, -0.15) is 0 Å². The Kier molecular flexibility index (Phi) is 5.14. The minimum atomic E-state index is 0.340. The molecule has 0 aromatic heterocycles. The topological polar surface area (TPSA) is 12.5 Å². The van der Waals surface area contributed by atoms with Crippen LogP contribution in [0, 0.1) is 5.41 Å². The smallest absolute Gasteiger partial charge is 0.121 e. The van der Waals surface area contributed by atoms with Gasteiger partial charge in [0.05, 0.1) is 6.61 Å². The Balaban J connectivity index is 1.99. The maximum Gasteiger partial charge on any atom is 0.121 e. The first-order valence-electron chi connectivity index (χ1n) is 7.11. The number of hydrogen-bond donors (Lipinski definition) is 0. The van der Waals surface area contributed by atoms with Crippen molar-refractivity contribution in [2.24, 2.45) is 5.41 Å². The second-order valence-corrected chi connectivity index (χ2v) is 6.44. The van der Waals surface area contributed by atoms with Gasteiger partial charge in [0.15, 0.2) is 0 Å². The van der Waals surface area contributed by atoms with Crippen LogP contribution in [-0.4, -0.2) is 26.0 Å². The fourth-order valence-corrected chi connectivity index (χ4v) is 3.43. The minimum absolute atomic E-state index is 0.340. The van der Waals surface area contributed by atoms with E-state index in [-0.39, 0.29) is 0 Å². The van der Waals surface area contributed by atoms with Gasteiger partial charge in [0.2, 0.25) is 0 Å². The van der Waals surface area contributed by atoms with Crippen molar-refractivity contribution in [3.63, 3.8) is 0 Å². The van der Waals surface area contributed by atoms with Crippen molar-refractivity contribution in [2.75, 3.05) is 30.9 Å². The predicted octanol–water partition coefficient (Wildman–Crippen LogP) is 4.48. The summed E-state index contributed by atoms with van der Waals surface area (Å²) < 4.78 is 6.07. The largest absolute Gasteiger partial charge is 0.493 e. The van der Waals surface area contributed by atoms with Gasteiger partial charge in [-0.3, -0.25) is 0 Å². The first-order chi connectivity index (χ1) is 9.15. The van der Waals surface area contributed by atoms with Crippen molar-refractivity contribution in [3.8, 4) is 5.75 Å². The van der Waals surface area contributed by atoms with E-state index in [0.29, 0.717) is 5.41 Å². The molecule has 0 atom stereocenters. The highest BCUT2D eigenvalue weighted by Gasteiger charge is 2.31. The molecule has 0 N–H and O–H groups in total. The number of ether oxygens (including phenoxy) is 1. The first kappa shape index (κ1) is 14.7. The number of halogens is 1. The van der Waals surface area contributed by atoms with Gasteiger partial charge in [0.25, 0.3) is 0 Å². The molecule has 3 heteroatoms. The Morgan fingerprint density at radius 3 is 2.58 bits per heavy atom. The summed E-state index contributed by atoms with van der Waals surface area (Å²) in [4.78, 5) is 2.10. The summed E-state index contributed by atoms with van der Waals surface area (Å²) in [6.45, 7) is 0.829. The van der Waals surface area contributed by atoms with Gasteiger partial charge in [-0.1, -0.05) is 41.3 Å². The van der Waals surface area contributed by atoms with Crippen molar-refractivity contribution >= 4 is 21.6 Å². The molecule has 1 aliphatic rings. The molecule has 1 fully saturated rings. The monoisotopic (exact) mass is 325 g/mol. The number of hydrogen-bond acceptors (Lipinski definition) is 2. The van der Waals surface area contributed by atoms with Crippen molar-refractivity contribution in [1.29, 1.82) is 0 Å². The Bertz CT molecular complexity index is 399. The van der Waals surface area contributed by atoms with Gasteiger partial charge in [0, 0.05) is 36.6 Å². The van der Waals surface area contributed by atoms with E-state index < -0.39 is 0 Å². The molecule has 0 amide bonds. The third kappa shape index (κ3) is 3.88. The van der Waals surface area contributed by atoms with Gasteiger partial charge in [-0.05, 0) is 25.0 Å². The van der Waals surface area contributed by atoms with Crippen LogP contribution in [0.3, 0.4) is 0 Å². The SMILES string of the molecule is CN(C)c1cccc(OCC2(CBr)CCCCC2)c1. The average Bonchev–Trinajstić information content (AvgIpc) is 2.46. The normalized spacial score (nSPS) is 18.1. The summed E-state index contributed by atoms with van der Waals surface area (Å²) in [5, 5.41) is 1.05. The molecule has 1 aromatic rings.